The molecule has 1 saturated heterocycles. The summed E-state index contributed by atoms with van der Waals surface area (Å²) < 4.78 is 6.00. The van der Waals surface area contributed by atoms with Crippen molar-refractivity contribution < 1.29 is 19.4 Å². The van der Waals surface area contributed by atoms with Gasteiger partial charge in [0, 0.05) is 20.1 Å². The van der Waals surface area contributed by atoms with Crippen molar-refractivity contribution in [2.24, 2.45) is 11.1 Å². The van der Waals surface area contributed by atoms with Crippen molar-refractivity contribution in [1.82, 2.24) is 9.80 Å². The number of aliphatic hydroxyl groups excluding tert-OH is 1. The lowest BCUT2D eigenvalue weighted by Gasteiger charge is -2.43. The van der Waals surface area contributed by atoms with Gasteiger partial charge in [0.05, 0.1) is 18.6 Å². The normalized spacial score (nSPS) is 21.6. The van der Waals surface area contributed by atoms with Crippen molar-refractivity contribution in [3.63, 3.8) is 0 Å². The minimum Gasteiger partial charge on any atom is -0.491 e. The SMILES string of the molecule is CN1CCOc2ccccc2CCCCCC2(CCN(C(=O)[C@@H](N)CO)CC2)C1=O. The van der Waals surface area contributed by atoms with Crippen LogP contribution in [0.5, 0.6) is 5.75 Å². The van der Waals surface area contributed by atoms with Gasteiger partial charge in [-0.3, -0.25) is 9.59 Å². The van der Waals surface area contributed by atoms with Gasteiger partial charge in [0.1, 0.15) is 18.4 Å². The molecule has 2 amide bonds. The smallest absolute Gasteiger partial charge is 0.241 e. The van der Waals surface area contributed by atoms with E-state index in [1.54, 1.807) is 9.80 Å². The average Bonchev–Trinajstić information content (AvgIpc) is 2.78. The molecule has 2 heterocycles. The number of carbonyl (C=O) groups is 2. The fraction of sp³-hybridized carbons (Fsp3) is 0.652. The Kier molecular flexibility index (Phi) is 7.72. The van der Waals surface area contributed by atoms with E-state index in [0.717, 1.165) is 37.9 Å². The van der Waals surface area contributed by atoms with Crippen LogP contribution in [0.3, 0.4) is 0 Å². The largest absolute Gasteiger partial charge is 0.491 e. The maximum atomic E-state index is 13.4. The van der Waals surface area contributed by atoms with Crippen LogP contribution in [0.2, 0.25) is 0 Å². The number of nitrogens with zero attached hydrogens (tertiary/aromatic N) is 2. The highest BCUT2D eigenvalue weighted by molar-refractivity contribution is 5.84. The van der Waals surface area contributed by atoms with E-state index < -0.39 is 11.5 Å². The molecule has 2 aliphatic heterocycles. The summed E-state index contributed by atoms with van der Waals surface area (Å²) in [4.78, 5) is 29.3. The molecule has 0 unspecified atom stereocenters. The lowest BCUT2D eigenvalue weighted by Crippen LogP contribution is -2.54. The molecule has 1 aromatic carbocycles. The van der Waals surface area contributed by atoms with E-state index >= 15 is 0 Å². The molecule has 1 spiro atoms. The molecule has 3 N–H and O–H groups in total. The van der Waals surface area contributed by atoms with E-state index in [0.29, 0.717) is 39.1 Å². The Morgan fingerprint density at radius 3 is 2.63 bits per heavy atom. The van der Waals surface area contributed by atoms with Crippen molar-refractivity contribution in [3.05, 3.63) is 29.8 Å². The fourth-order valence-electron chi connectivity index (χ4n) is 4.64. The van der Waals surface area contributed by atoms with E-state index in [1.165, 1.54) is 5.56 Å². The second kappa shape index (κ2) is 10.3. The summed E-state index contributed by atoms with van der Waals surface area (Å²) in [6.07, 6.45) is 6.22. The van der Waals surface area contributed by atoms with Crippen LogP contribution >= 0.6 is 0 Å². The molecule has 2 aliphatic rings. The number of hydrogen-bond acceptors (Lipinski definition) is 5. The molecule has 0 saturated carbocycles. The summed E-state index contributed by atoms with van der Waals surface area (Å²) in [5.41, 5.74) is 6.50. The highest BCUT2D eigenvalue weighted by Crippen LogP contribution is 2.39. The summed E-state index contributed by atoms with van der Waals surface area (Å²) in [5, 5.41) is 9.17. The minimum atomic E-state index is -0.878. The molecular weight excluding hydrogens is 382 g/mol. The number of aliphatic hydroxyl groups is 1. The van der Waals surface area contributed by atoms with Crippen LogP contribution in [0.25, 0.3) is 0 Å². The Labute approximate surface area is 179 Å². The molecule has 7 heteroatoms. The van der Waals surface area contributed by atoms with Gasteiger partial charge < -0.3 is 25.4 Å². The standard InChI is InChI=1S/C23H35N3O4/c1-25-15-16-30-20-9-5-4-8-18(20)7-3-2-6-10-23(22(25)29)11-13-26(14-12-23)21(28)19(24)17-27/h4-5,8-9,19,27H,2-3,6-7,10-17,24H2,1H3/t19-/m0/s1. The maximum absolute atomic E-state index is 13.4. The molecule has 30 heavy (non-hydrogen) atoms. The third-order valence-corrected chi connectivity index (χ3v) is 6.60. The van der Waals surface area contributed by atoms with E-state index in [9.17, 15) is 14.7 Å². The highest BCUT2D eigenvalue weighted by Gasteiger charge is 2.43. The van der Waals surface area contributed by atoms with E-state index in [4.69, 9.17) is 10.5 Å². The Balaban J connectivity index is 1.69. The fourth-order valence-corrected chi connectivity index (χ4v) is 4.64. The number of nitrogens with two attached hydrogens (primary N) is 1. The van der Waals surface area contributed by atoms with Crippen molar-refractivity contribution >= 4 is 11.8 Å². The average molecular weight is 418 g/mol. The molecule has 1 atom stereocenters. The molecule has 3 rings (SSSR count). The number of fused-ring (bicyclic) bond motifs is 1. The molecule has 0 aliphatic carbocycles. The van der Waals surface area contributed by atoms with Crippen LogP contribution in [0.4, 0.5) is 0 Å². The van der Waals surface area contributed by atoms with Crippen LogP contribution in [-0.4, -0.2) is 72.7 Å². The second-order valence-electron chi connectivity index (χ2n) is 8.64. The van der Waals surface area contributed by atoms with Crippen molar-refractivity contribution in [3.8, 4) is 5.75 Å². The predicted molar refractivity (Wildman–Crippen MR) is 115 cm³/mol. The van der Waals surface area contributed by atoms with Gasteiger partial charge in [-0.25, -0.2) is 0 Å². The molecule has 0 radical (unpaired) electrons. The molecule has 0 bridgehead atoms. The first-order valence-corrected chi connectivity index (χ1v) is 11.1. The third-order valence-electron chi connectivity index (χ3n) is 6.60. The van der Waals surface area contributed by atoms with Gasteiger partial charge in [0.25, 0.3) is 0 Å². The number of benzene rings is 1. The lowest BCUT2D eigenvalue weighted by atomic mass is 9.73. The Morgan fingerprint density at radius 1 is 1.17 bits per heavy atom. The zero-order valence-electron chi connectivity index (χ0n) is 18.0. The quantitative estimate of drug-likeness (QED) is 0.762. The first kappa shape index (κ1) is 22.6. The van der Waals surface area contributed by atoms with Crippen LogP contribution in [-0.2, 0) is 16.0 Å². The van der Waals surface area contributed by atoms with Gasteiger partial charge >= 0.3 is 0 Å². The topological polar surface area (TPSA) is 96.1 Å². The molecule has 1 aromatic rings. The lowest BCUT2D eigenvalue weighted by molar-refractivity contribution is -0.148. The molecule has 7 nitrogen and oxygen atoms in total. The number of hydrogen-bond donors (Lipinski definition) is 2. The van der Waals surface area contributed by atoms with Crippen LogP contribution < -0.4 is 10.5 Å². The van der Waals surface area contributed by atoms with Crippen LogP contribution in [0.15, 0.2) is 24.3 Å². The number of likely N-dealkylation sites (N-methyl/N-ethyl adjacent to an activating group) is 1. The molecule has 0 aromatic heterocycles. The monoisotopic (exact) mass is 417 g/mol. The van der Waals surface area contributed by atoms with Crippen LogP contribution in [0.1, 0.15) is 44.1 Å². The van der Waals surface area contributed by atoms with Gasteiger partial charge in [0.15, 0.2) is 0 Å². The number of ether oxygens (including phenoxy) is 1. The van der Waals surface area contributed by atoms with Gasteiger partial charge in [0.2, 0.25) is 11.8 Å². The van der Waals surface area contributed by atoms with E-state index in [-0.39, 0.29) is 18.4 Å². The number of likely N-dealkylation sites (tertiary alicyclic amines) is 1. The van der Waals surface area contributed by atoms with Gasteiger partial charge in [-0.05, 0) is 43.7 Å². The maximum Gasteiger partial charge on any atom is 0.241 e. The third kappa shape index (κ3) is 5.13. The number of amides is 2. The predicted octanol–water partition coefficient (Wildman–Crippen LogP) is 1.57. The number of rotatable bonds is 2. The number of aryl methyl sites for hydroxylation is 1. The van der Waals surface area contributed by atoms with Crippen LogP contribution in [0, 0.1) is 5.41 Å². The summed E-state index contributed by atoms with van der Waals surface area (Å²) in [6, 6.07) is 7.27. The van der Waals surface area contributed by atoms with Gasteiger partial charge in [-0.2, -0.15) is 0 Å². The highest BCUT2D eigenvalue weighted by atomic mass is 16.5. The molecule has 1 fully saturated rings. The van der Waals surface area contributed by atoms with Crippen molar-refractivity contribution in [2.75, 3.05) is 39.9 Å². The first-order valence-electron chi connectivity index (χ1n) is 11.1. The van der Waals surface area contributed by atoms with Gasteiger partial charge in [-0.15, -0.1) is 0 Å². The van der Waals surface area contributed by atoms with E-state index in [1.807, 2.05) is 25.2 Å². The van der Waals surface area contributed by atoms with Crippen molar-refractivity contribution in [2.45, 2.75) is 51.0 Å². The van der Waals surface area contributed by atoms with Crippen molar-refractivity contribution in [1.29, 1.82) is 0 Å². The zero-order chi connectivity index (χ0) is 21.6. The summed E-state index contributed by atoms with van der Waals surface area (Å²) in [5.74, 6) is 0.834. The Morgan fingerprint density at radius 2 is 1.90 bits per heavy atom. The summed E-state index contributed by atoms with van der Waals surface area (Å²) >= 11 is 0. The molecule has 166 valence electrons. The number of para-hydroxylation sites is 1. The summed E-state index contributed by atoms with van der Waals surface area (Å²) in [7, 11) is 1.85. The Hall–Kier alpha value is -2.12. The Bertz CT molecular complexity index is 731. The van der Waals surface area contributed by atoms with Gasteiger partial charge in [-0.1, -0.05) is 31.0 Å². The first-order chi connectivity index (χ1) is 14.5. The number of piperidine rings is 1. The second-order valence-corrected chi connectivity index (χ2v) is 8.64. The zero-order valence-corrected chi connectivity index (χ0v) is 18.0. The number of carbonyl (C=O) groups excluding carboxylic acids is 2. The summed E-state index contributed by atoms with van der Waals surface area (Å²) in [6.45, 7) is 1.66. The minimum absolute atomic E-state index is 0.150. The van der Waals surface area contributed by atoms with E-state index in [2.05, 4.69) is 6.07 Å². The molecular formula is C23H35N3O4.